The number of fused-ring (bicyclic) bond motifs is 1. The van der Waals surface area contributed by atoms with Gasteiger partial charge in [-0.2, -0.15) is 0 Å². The van der Waals surface area contributed by atoms with Gasteiger partial charge in [0.05, 0.1) is 24.5 Å². The number of hydrogen-bond acceptors (Lipinski definition) is 5. The Bertz CT molecular complexity index is 1740. The van der Waals surface area contributed by atoms with Crippen molar-refractivity contribution in [2.75, 3.05) is 27.8 Å². The molecule has 4 aromatic rings. The lowest BCUT2D eigenvalue weighted by Crippen LogP contribution is -2.59. The van der Waals surface area contributed by atoms with E-state index in [1.54, 1.807) is 4.90 Å². The summed E-state index contributed by atoms with van der Waals surface area (Å²) in [5, 5.41) is 3.12. The van der Waals surface area contributed by atoms with Crippen LogP contribution < -0.4 is 25.8 Å². The van der Waals surface area contributed by atoms with Crippen LogP contribution in [0.4, 0.5) is 22.7 Å². The fraction of sp³-hybridized carbons (Fsp3) is 0.263. The number of hydrogen-bond donors (Lipinski definition) is 2. The monoisotopic (exact) mass is 647 g/mol. The van der Waals surface area contributed by atoms with Gasteiger partial charge in [-0.1, -0.05) is 93.6 Å². The highest BCUT2D eigenvalue weighted by Gasteiger charge is 2.39. The fourth-order valence-corrected chi connectivity index (χ4v) is 5.94. The number of Topliss-reactive ketones (excluding diaryl/α,β-unsaturated/α-hetero) is 1. The molecule has 1 heterocycles. The minimum absolute atomic E-state index is 0.0330. The molecule has 5 rings (SSSR count). The number of carbonyl (C=O) groups excluding carboxylic acids is 3. The molecule has 8 nitrogen and oxygen atoms in total. The van der Waals surface area contributed by atoms with Gasteiger partial charge in [-0.25, -0.2) is 0 Å². The molecule has 2 amide bonds. The highest BCUT2D eigenvalue weighted by molar-refractivity contribution is 7.80. The Kier molecular flexibility index (Phi) is 10.1. The van der Waals surface area contributed by atoms with Crippen molar-refractivity contribution in [2.24, 2.45) is 11.1 Å². The Labute approximate surface area is 282 Å². The standard InChI is InChI=1S/C38H41N5O3S/c1-26-20-21-31-32(22-26)42(25-34(44)38(2,3)4)36(46)30(24-41(31)28-16-10-6-11-17-28)40-35(45)33(23-27-14-8-5-9-15-27)43(37(39)47)29-18-12-7-13-19-29/h5-22,30,33H,23-25H2,1-4H3,(H2,39,47)(H,40,45). The van der Waals surface area contributed by atoms with Crippen molar-refractivity contribution in [3.63, 3.8) is 0 Å². The predicted octanol–water partition coefficient (Wildman–Crippen LogP) is 5.94. The van der Waals surface area contributed by atoms with Gasteiger partial charge in [-0.15, -0.1) is 0 Å². The zero-order chi connectivity index (χ0) is 33.7. The third-order valence-electron chi connectivity index (χ3n) is 8.32. The van der Waals surface area contributed by atoms with Gasteiger partial charge in [0.2, 0.25) is 5.91 Å². The van der Waals surface area contributed by atoms with Gasteiger partial charge in [0.1, 0.15) is 12.1 Å². The normalized spacial score (nSPS) is 15.3. The summed E-state index contributed by atoms with van der Waals surface area (Å²) in [4.78, 5) is 47.8. The number of ketones is 1. The lowest BCUT2D eigenvalue weighted by atomic mass is 9.90. The molecule has 0 spiro atoms. The SMILES string of the molecule is Cc1ccc2c(c1)N(CC(=O)C(C)(C)C)C(=O)C(NC(=O)C(Cc1ccccc1)N(C(N)=S)c1ccccc1)CN2c1ccccc1. The number of thiocarbonyl (C=S) groups is 1. The van der Waals surface area contributed by atoms with Crippen molar-refractivity contribution in [3.05, 3.63) is 120 Å². The topological polar surface area (TPSA) is 99.0 Å². The van der Waals surface area contributed by atoms with E-state index in [0.717, 1.165) is 22.5 Å². The minimum Gasteiger partial charge on any atom is -0.376 e. The summed E-state index contributed by atoms with van der Waals surface area (Å²) in [6.07, 6.45) is 0.286. The van der Waals surface area contributed by atoms with Gasteiger partial charge < -0.3 is 25.8 Å². The maximum absolute atomic E-state index is 14.6. The number of anilines is 4. The van der Waals surface area contributed by atoms with Gasteiger partial charge >= 0.3 is 0 Å². The molecule has 3 N–H and O–H groups in total. The lowest BCUT2D eigenvalue weighted by molar-refractivity contribution is -0.129. The van der Waals surface area contributed by atoms with E-state index in [0.29, 0.717) is 11.4 Å². The van der Waals surface area contributed by atoms with Crippen LogP contribution in [0, 0.1) is 12.3 Å². The van der Waals surface area contributed by atoms with Gasteiger partial charge in [-0.3, -0.25) is 14.4 Å². The molecule has 4 aromatic carbocycles. The Hall–Kier alpha value is -5.02. The molecule has 2 atom stereocenters. The molecule has 0 fully saturated rings. The number of amides is 2. The van der Waals surface area contributed by atoms with Gasteiger partial charge in [0, 0.05) is 23.2 Å². The smallest absolute Gasteiger partial charge is 0.251 e. The number of aryl methyl sites for hydroxylation is 1. The summed E-state index contributed by atoms with van der Waals surface area (Å²) >= 11 is 5.51. The number of rotatable bonds is 9. The van der Waals surface area contributed by atoms with Gasteiger partial charge in [0.25, 0.3) is 5.91 Å². The van der Waals surface area contributed by atoms with Crippen molar-refractivity contribution in [1.82, 2.24) is 5.32 Å². The molecule has 2 unspecified atom stereocenters. The van der Waals surface area contributed by atoms with Crippen LogP contribution in [0.2, 0.25) is 0 Å². The molecule has 9 heteroatoms. The number of nitrogens with two attached hydrogens (primary N) is 1. The quantitative estimate of drug-likeness (QED) is 0.217. The van der Waals surface area contributed by atoms with Crippen LogP contribution in [0.1, 0.15) is 31.9 Å². The predicted molar refractivity (Wildman–Crippen MR) is 193 cm³/mol. The summed E-state index contributed by atoms with van der Waals surface area (Å²) in [7, 11) is 0. The Morgan fingerprint density at radius 3 is 2.11 bits per heavy atom. The highest BCUT2D eigenvalue weighted by atomic mass is 32.1. The lowest BCUT2D eigenvalue weighted by Gasteiger charge is -2.33. The van der Waals surface area contributed by atoms with E-state index in [-0.39, 0.29) is 36.3 Å². The zero-order valence-corrected chi connectivity index (χ0v) is 28.0. The van der Waals surface area contributed by atoms with E-state index >= 15 is 0 Å². The number of benzene rings is 4. The summed E-state index contributed by atoms with van der Waals surface area (Å²) in [5.74, 6) is -0.885. The first-order chi connectivity index (χ1) is 22.4. The number of nitrogens with one attached hydrogen (secondary N) is 1. The largest absolute Gasteiger partial charge is 0.376 e. The third kappa shape index (κ3) is 7.69. The van der Waals surface area contributed by atoms with Crippen molar-refractivity contribution >= 4 is 57.7 Å². The summed E-state index contributed by atoms with van der Waals surface area (Å²) < 4.78 is 0. The Morgan fingerprint density at radius 2 is 1.51 bits per heavy atom. The molecule has 0 aliphatic carbocycles. The third-order valence-corrected chi connectivity index (χ3v) is 8.52. The first kappa shape index (κ1) is 33.3. The van der Waals surface area contributed by atoms with Crippen LogP contribution >= 0.6 is 12.2 Å². The molecule has 0 radical (unpaired) electrons. The van der Waals surface area contributed by atoms with E-state index in [1.807, 2.05) is 142 Å². The second-order valence-corrected chi connectivity index (χ2v) is 13.3. The van der Waals surface area contributed by atoms with Crippen molar-refractivity contribution < 1.29 is 14.4 Å². The van der Waals surface area contributed by atoms with Crippen LogP contribution in [0.3, 0.4) is 0 Å². The van der Waals surface area contributed by atoms with E-state index in [2.05, 4.69) is 5.32 Å². The second-order valence-electron chi connectivity index (χ2n) is 12.8. The van der Waals surface area contributed by atoms with Crippen molar-refractivity contribution in [3.8, 4) is 0 Å². The van der Waals surface area contributed by atoms with Crippen molar-refractivity contribution in [1.29, 1.82) is 0 Å². The fourth-order valence-electron chi connectivity index (χ4n) is 5.70. The van der Waals surface area contributed by atoms with E-state index in [1.165, 1.54) is 4.90 Å². The maximum Gasteiger partial charge on any atom is 0.251 e. The van der Waals surface area contributed by atoms with Gasteiger partial charge in [0.15, 0.2) is 10.9 Å². The molecule has 1 aliphatic heterocycles. The van der Waals surface area contributed by atoms with Crippen LogP contribution in [0.5, 0.6) is 0 Å². The van der Waals surface area contributed by atoms with Crippen LogP contribution in [0.15, 0.2) is 109 Å². The molecule has 242 valence electrons. The van der Waals surface area contributed by atoms with Crippen molar-refractivity contribution in [2.45, 2.75) is 46.2 Å². The average Bonchev–Trinajstić information content (AvgIpc) is 3.15. The molecular weight excluding hydrogens is 607 g/mol. The molecule has 0 saturated heterocycles. The Morgan fingerprint density at radius 1 is 0.915 bits per heavy atom. The maximum atomic E-state index is 14.6. The van der Waals surface area contributed by atoms with Gasteiger partial charge in [-0.05, 0) is 66.7 Å². The van der Waals surface area contributed by atoms with E-state index in [4.69, 9.17) is 18.0 Å². The first-order valence-electron chi connectivity index (χ1n) is 15.7. The second kappa shape index (κ2) is 14.2. The summed E-state index contributed by atoms with van der Waals surface area (Å²) in [6.45, 7) is 7.48. The van der Waals surface area contributed by atoms with Crippen LogP contribution in [0.25, 0.3) is 0 Å². The van der Waals surface area contributed by atoms with E-state index in [9.17, 15) is 14.4 Å². The summed E-state index contributed by atoms with van der Waals surface area (Å²) in [5.41, 5.74) is 10.4. The van der Waals surface area contributed by atoms with E-state index < -0.39 is 23.4 Å². The number of para-hydroxylation sites is 2. The zero-order valence-electron chi connectivity index (χ0n) is 27.2. The highest BCUT2D eigenvalue weighted by Crippen LogP contribution is 2.38. The number of carbonyl (C=O) groups is 3. The Balaban J connectivity index is 1.59. The first-order valence-corrected chi connectivity index (χ1v) is 16.1. The van der Waals surface area contributed by atoms with Crippen LogP contribution in [-0.4, -0.2) is 47.9 Å². The molecule has 0 aromatic heterocycles. The molecule has 0 bridgehead atoms. The molecule has 1 aliphatic rings. The summed E-state index contributed by atoms with van der Waals surface area (Å²) in [6, 6.07) is 32.6. The average molecular weight is 648 g/mol. The minimum atomic E-state index is -1.01. The molecule has 47 heavy (non-hydrogen) atoms. The molecule has 0 saturated carbocycles. The number of nitrogens with zero attached hydrogens (tertiary/aromatic N) is 3. The molecular formula is C38H41N5O3S. The van der Waals surface area contributed by atoms with Crippen LogP contribution in [-0.2, 0) is 20.8 Å².